The van der Waals surface area contributed by atoms with Crippen LogP contribution in [0.2, 0.25) is 0 Å². The van der Waals surface area contributed by atoms with E-state index in [2.05, 4.69) is 10.4 Å². The van der Waals surface area contributed by atoms with Crippen LogP contribution in [0.3, 0.4) is 0 Å². The lowest BCUT2D eigenvalue weighted by atomic mass is 9.93. The third-order valence-corrected chi connectivity index (χ3v) is 5.03. The van der Waals surface area contributed by atoms with Gasteiger partial charge in [-0.15, -0.1) is 0 Å². The highest BCUT2D eigenvalue weighted by Crippen LogP contribution is 2.26. The Labute approximate surface area is 162 Å². The topological polar surface area (TPSA) is 99.8 Å². The number of fused-ring (bicyclic) bond motifs is 1. The van der Waals surface area contributed by atoms with Gasteiger partial charge in [0.2, 0.25) is 0 Å². The second-order valence-electron chi connectivity index (χ2n) is 7.09. The number of aliphatic carboxylic acids is 1. The molecular weight excluding hydrogens is 356 g/mol. The molecule has 1 aromatic carbocycles. The summed E-state index contributed by atoms with van der Waals surface area (Å²) in [6, 6.07) is 9.83. The molecule has 1 fully saturated rings. The zero-order chi connectivity index (χ0) is 19.5. The second-order valence-corrected chi connectivity index (χ2v) is 7.09. The Morgan fingerprint density at radius 2 is 2.04 bits per heavy atom. The quantitative estimate of drug-likeness (QED) is 0.590. The van der Waals surface area contributed by atoms with E-state index in [1.54, 1.807) is 16.8 Å². The number of carboxylic acids is 1. The van der Waals surface area contributed by atoms with E-state index in [1.807, 2.05) is 36.5 Å². The molecule has 0 saturated heterocycles. The number of carbonyl (C=O) groups is 1. The number of aromatic nitrogens is 3. The van der Waals surface area contributed by atoms with Crippen molar-refractivity contribution in [1.82, 2.24) is 14.6 Å². The Morgan fingerprint density at radius 3 is 2.82 bits per heavy atom. The van der Waals surface area contributed by atoms with Crippen molar-refractivity contribution < 1.29 is 15.0 Å². The number of aliphatic hydroxyl groups is 1. The van der Waals surface area contributed by atoms with Crippen molar-refractivity contribution in [3.63, 3.8) is 0 Å². The summed E-state index contributed by atoms with van der Waals surface area (Å²) in [5.41, 5.74) is 3.34. The summed E-state index contributed by atoms with van der Waals surface area (Å²) >= 11 is 0. The number of benzene rings is 1. The molecule has 3 N–H and O–H groups in total. The van der Waals surface area contributed by atoms with Crippen molar-refractivity contribution in [1.29, 1.82) is 0 Å². The highest BCUT2D eigenvalue weighted by molar-refractivity contribution is 5.86. The summed E-state index contributed by atoms with van der Waals surface area (Å²) in [5, 5.41) is 26.3. The summed E-state index contributed by atoms with van der Waals surface area (Å²) in [6.07, 6.45) is 9.63. The van der Waals surface area contributed by atoms with Crippen LogP contribution < -0.4 is 5.32 Å². The summed E-state index contributed by atoms with van der Waals surface area (Å²) < 4.78 is 1.73. The zero-order valence-corrected chi connectivity index (χ0v) is 15.3. The fraction of sp³-hybridized carbons (Fsp3) is 0.286. The molecule has 2 heterocycles. The predicted octanol–water partition coefficient (Wildman–Crippen LogP) is 3.21. The van der Waals surface area contributed by atoms with Gasteiger partial charge in [0.1, 0.15) is 5.82 Å². The molecule has 1 aliphatic carbocycles. The molecule has 7 nitrogen and oxygen atoms in total. The molecule has 2 aromatic heterocycles. The Kier molecular flexibility index (Phi) is 5.08. The average molecular weight is 378 g/mol. The molecule has 0 radical (unpaired) electrons. The van der Waals surface area contributed by atoms with Crippen molar-refractivity contribution in [3.05, 3.63) is 54.4 Å². The molecule has 1 saturated carbocycles. The number of hydrogen-bond donors (Lipinski definition) is 3. The van der Waals surface area contributed by atoms with Gasteiger partial charge in [-0.2, -0.15) is 5.10 Å². The molecule has 0 bridgehead atoms. The van der Waals surface area contributed by atoms with E-state index in [0.717, 1.165) is 59.9 Å². The predicted molar refractivity (Wildman–Crippen MR) is 107 cm³/mol. The van der Waals surface area contributed by atoms with Gasteiger partial charge in [-0.1, -0.05) is 18.2 Å². The Balaban J connectivity index is 1.61. The number of anilines is 1. The normalized spacial score (nSPS) is 19.9. The molecule has 0 atom stereocenters. The molecule has 0 aliphatic heterocycles. The summed E-state index contributed by atoms with van der Waals surface area (Å²) in [7, 11) is 0. The first-order chi connectivity index (χ1) is 13.6. The Hall–Kier alpha value is -3.19. The largest absolute Gasteiger partial charge is 0.478 e. The molecule has 1 aliphatic rings. The second kappa shape index (κ2) is 7.82. The zero-order valence-electron chi connectivity index (χ0n) is 15.3. The monoisotopic (exact) mass is 378 g/mol. The Bertz CT molecular complexity index is 1020. The van der Waals surface area contributed by atoms with Gasteiger partial charge in [0.05, 0.1) is 12.3 Å². The highest BCUT2D eigenvalue weighted by atomic mass is 16.4. The van der Waals surface area contributed by atoms with Gasteiger partial charge < -0.3 is 15.5 Å². The third kappa shape index (κ3) is 4.04. The fourth-order valence-corrected chi connectivity index (χ4v) is 3.56. The molecular formula is C21H22N4O3. The number of nitrogens with zero attached hydrogens (tertiary/aromatic N) is 3. The lowest BCUT2D eigenvalue weighted by Gasteiger charge is -2.26. The molecule has 4 rings (SSSR count). The number of aliphatic hydroxyl groups excluding tert-OH is 1. The summed E-state index contributed by atoms with van der Waals surface area (Å²) in [4.78, 5) is 15.5. The van der Waals surface area contributed by atoms with E-state index in [4.69, 9.17) is 10.1 Å². The van der Waals surface area contributed by atoms with Gasteiger partial charge in [-0.25, -0.2) is 14.3 Å². The van der Waals surface area contributed by atoms with Gasteiger partial charge >= 0.3 is 5.97 Å². The maximum absolute atomic E-state index is 10.7. The van der Waals surface area contributed by atoms with Gasteiger partial charge in [0.15, 0.2) is 5.65 Å². The average Bonchev–Trinajstić information content (AvgIpc) is 3.12. The van der Waals surface area contributed by atoms with Crippen LogP contribution in [-0.2, 0) is 4.79 Å². The van der Waals surface area contributed by atoms with Crippen LogP contribution in [0.25, 0.3) is 22.9 Å². The molecule has 3 aromatic rings. The standard InChI is InChI=1S/C21H22N4O3/c26-17-7-5-16(6-8-17)23-19-10-11-25-21(24-19)18(13-22-25)15-3-1-2-14(12-15)4-9-20(27)28/h1-4,9-13,16-17,26H,5-8H2,(H,23,24)(H,27,28)/b9-4+. The molecule has 0 spiro atoms. The minimum atomic E-state index is -0.978. The number of hydrogen-bond acceptors (Lipinski definition) is 5. The van der Waals surface area contributed by atoms with Crippen LogP contribution in [0, 0.1) is 0 Å². The first-order valence-corrected chi connectivity index (χ1v) is 9.39. The van der Waals surface area contributed by atoms with Gasteiger partial charge in [0.25, 0.3) is 0 Å². The molecule has 144 valence electrons. The maximum Gasteiger partial charge on any atom is 0.328 e. The van der Waals surface area contributed by atoms with Crippen molar-refractivity contribution >= 4 is 23.5 Å². The minimum absolute atomic E-state index is 0.183. The van der Waals surface area contributed by atoms with Gasteiger partial charge in [-0.05, 0) is 55.0 Å². The van der Waals surface area contributed by atoms with Crippen LogP contribution >= 0.6 is 0 Å². The van der Waals surface area contributed by atoms with Crippen molar-refractivity contribution in [2.75, 3.05) is 5.32 Å². The van der Waals surface area contributed by atoms with E-state index < -0.39 is 5.97 Å². The lowest BCUT2D eigenvalue weighted by Crippen LogP contribution is -2.28. The number of carboxylic acid groups (broad SMARTS) is 1. The smallest absolute Gasteiger partial charge is 0.328 e. The third-order valence-electron chi connectivity index (χ3n) is 5.03. The number of nitrogens with one attached hydrogen (secondary N) is 1. The van der Waals surface area contributed by atoms with Gasteiger partial charge in [0, 0.05) is 23.9 Å². The summed E-state index contributed by atoms with van der Waals surface area (Å²) in [6.45, 7) is 0. The maximum atomic E-state index is 10.7. The van der Waals surface area contributed by atoms with Crippen LogP contribution in [-0.4, -0.2) is 42.9 Å². The van der Waals surface area contributed by atoms with Crippen molar-refractivity contribution in [3.8, 4) is 11.1 Å². The lowest BCUT2D eigenvalue weighted by molar-refractivity contribution is -0.131. The van der Waals surface area contributed by atoms with E-state index in [1.165, 1.54) is 0 Å². The van der Waals surface area contributed by atoms with Crippen LogP contribution in [0.15, 0.2) is 48.8 Å². The summed E-state index contributed by atoms with van der Waals surface area (Å²) in [5.74, 6) is -0.188. The molecule has 28 heavy (non-hydrogen) atoms. The van der Waals surface area contributed by atoms with Crippen LogP contribution in [0.5, 0.6) is 0 Å². The minimum Gasteiger partial charge on any atom is -0.478 e. The molecule has 0 amide bonds. The van der Waals surface area contributed by atoms with Crippen LogP contribution in [0.4, 0.5) is 5.82 Å². The van der Waals surface area contributed by atoms with Crippen molar-refractivity contribution in [2.45, 2.75) is 37.8 Å². The van der Waals surface area contributed by atoms with E-state index in [0.29, 0.717) is 6.04 Å². The van der Waals surface area contributed by atoms with Crippen LogP contribution in [0.1, 0.15) is 31.2 Å². The highest BCUT2D eigenvalue weighted by Gasteiger charge is 2.19. The van der Waals surface area contributed by atoms with Gasteiger partial charge in [-0.3, -0.25) is 0 Å². The van der Waals surface area contributed by atoms with E-state index >= 15 is 0 Å². The fourth-order valence-electron chi connectivity index (χ4n) is 3.56. The van der Waals surface area contributed by atoms with E-state index in [9.17, 15) is 9.90 Å². The molecule has 0 unspecified atom stereocenters. The first-order valence-electron chi connectivity index (χ1n) is 9.39. The first kappa shape index (κ1) is 18.2. The number of rotatable bonds is 5. The van der Waals surface area contributed by atoms with Crippen molar-refractivity contribution in [2.24, 2.45) is 0 Å². The SMILES string of the molecule is O=C(O)/C=C/c1cccc(-c2cnn3ccc(NC4CCC(O)CC4)nc23)c1. The Morgan fingerprint density at radius 1 is 1.21 bits per heavy atom. The van der Waals surface area contributed by atoms with E-state index in [-0.39, 0.29) is 6.10 Å². The molecule has 7 heteroatoms.